The van der Waals surface area contributed by atoms with Crippen LogP contribution in [0.15, 0.2) is 70.5 Å². The summed E-state index contributed by atoms with van der Waals surface area (Å²) in [5.74, 6) is -2.36. The van der Waals surface area contributed by atoms with Crippen molar-refractivity contribution in [3.63, 3.8) is 0 Å². The standard InChI is InChI=1S/C34H29N9O10S2/c1-14-41-33(39-12-37-19-10-21(54(48,49)50)27(35)25-23(19)29(44)15-6-2-4-8-17(15)31(25)46)43-34(42-14)40-13-38-20-11-22(55(51,52)53)28(36)26-24(20)30(45)16-7-3-5-9-18(16)32(26)47/h2-11,37-38,48-50H,12-13,35-36H2,1H3,(H,51,52,53)(H2,39,40,41,42,43). The van der Waals surface area contributed by atoms with Crippen LogP contribution in [-0.4, -0.2) is 78.1 Å². The maximum Gasteiger partial charge on any atom is 0.296 e. The van der Waals surface area contributed by atoms with Crippen LogP contribution in [-0.2, 0) is 10.1 Å². The van der Waals surface area contributed by atoms with Crippen LogP contribution < -0.4 is 32.7 Å². The number of hydrogen-bond acceptors (Lipinski definition) is 18. The fourth-order valence-corrected chi connectivity index (χ4v) is 7.70. The van der Waals surface area contributed by atoms with E-state index in [9.17, 15) is 45.8 Å². The van der Waals surface area contributed by atoms with Crippen molar-refractivity contribution in [1.29, 1.82) is 0 Å². The predicted octanol–water partition coefficient (Wildman–Crippen LogP) is 3.69. The van der Waals surface area contributed by atoms with Gasteiger partial charge in [0.1, 0.15) is 21.6 Å². The number of rotatable bonds is 10. The van der Waals surface area contributed by atoms with Gasteiger partial charge in [-0.25, -0.2) is 0 Å². The molecule has 0 radical (unpaired) electrons. The Labute approximate surface area is 312 Å². The third kappa shape index (κ3) is 6.45. The van der Waals surface area contributed by atoms with Gasteiger partial charge in [-0.3, -0.25) is 23.7 Å². The highest BCUT2D eigenvalue weighted by Crippen LogP contribution is 2.51. The minimum absolute atomic E-state index is 0.0119. The van der Waals surface area contributed by atoms with Gasteiger partial charge >= 0.3 is 0 Å². The molecule has 0 bridgehead atoms. The van der Waals surface area contributed by atoms with Gasteiger partial charge in [0.25, 0.3) is 10.1 Å². The smallest absolute Gasteiger partial charge is 0.296 e. The molecule has 1 aromatic heterocycles. The van der Waals surface area contributed by atoms with E-state index in [0.29, 0.717) is 0 Å². The number of nitrogens with zero attached hydrogens (tertiary/aromatic N) is 3. The molecule has 0 aliphatic heterocycles. The first-order chi connectivity index (χ1) is 26.0. The SMILES string of the molecule is Cc1nc(NCNc2cc(S(O)(O)O)c(N)c3c2C(=O)c2ccccc2C3=O)nc(NCNc2cc(S(=O)(=O)O)c(N)c3c2C(=O)c2ccccc2C3=O)n1. The lowest BCUT2D eigenvalue weighted by molar-refractivity contribution is 0.0980. The normalized spacial score (nSPS) is 13.7. The largest absolute Gasteiger partial charge is 0.397 e. The molecule has 0 atom stereocenters. The van der Waals surface area contributed by atoms with Gasteiger partial charge in [-0.2, -0.15) is 23.4 Å². The van der Waals surface area contributed by atoms with Gasteiger partial charge < -0.3 is 46.4 Å². The minimum Gasteiger partial charge on any atom is -0.397 e. The zero-order chi connectivity index (χ0) is 39.6. The zero-order valence-corrected chi connectivity index (χ0v) is 29.9. The molecule has 1 heterocycles. The highest BCUT2D eigenvalue weighted by molar-refractivity contribution is 8.19. The van der Waals surface area contributed by atoms with Crippen molar-refractivity contribution >= 4 is 78.8 Å². The Morgan fingerprint density at radius 2 is 0.927 bits per heavy atom. The van der Waals surface area contributed by atoms with E-state index in [1.807, 2.05) is 0 Å². The molecule has 0 spiro atoms. The van der Waals surface area contributed by atoms with Crippen LogP contribution in [0, 0.1) is 6.92 Å². The lowest BCUT2D eigenvalue weighted by Crippen LogP contribution is -2.26. The molecule has 12 N–H and O–H groups in total. The van der Waals surface area contributed by atoms with Crippen molar-refractivity contribution < 1.29 is 45.8 Å². The topological polar surface area (TPSA) is 322 Å². The molecule has 0 saturated heterocycles. The maximum atomic E-state index is 13.6. The van der Waals surface area contributed by atoms with Crippen LogP contribution in [0.1, 0.15) is 69.5 Å². The first kappa shape index (κ1) is 36.9. The molecule has 2 aliphatic carbocycles. The second kappa shape index (κ2) is 13.4. The molecule has 21 heteroatoms. The van der Waals surface area contributed by atoms with Crippen LogP contribution >= 0.6 is 10.9 Å². The lowest BCUT2D eigenvalue weighted by Gasteiger charge is -2.28. The van der Waals surface area contributed by atoms with Gasteiger partial charge in [0.05, 0.1) is 51.9 Å². The number of ketones is 4. The molecule has 19 nitrogen and oxygen atoms in total. The number of aromatic nitrogens is 3. The Hall–Kier alpha value is -6.49. The second-order valence-corrected chi connectivity index (χ2v) is 15.0. The number of nitrogens with one attached hydrogen (secondary N) is 4. The monoisotopic (exact) mass is 787 g/mol. The third-order valence-electron chi connectivity index (χ3n) is 8.77. The number of anilines is 6. The highest BCUT2D eigenvalue weighted by Gasteiger charge is 2.38. The second-order valence-electron chi connectivity index (χ2n) is 12.2. The van der Waals surface area contributed by atoms with Crippen molar-refractivity contribution in [2.75, 3.05) is 46.1 Å². The van der Waals surface area contributed by atoms with Gasteiger partial charge in [0.15, 0.2) is 23.1 Å². The molecular weight excluding hydrogens is 759 g/mol. The lowest BCUT2D eigenvalue weighted by atomic mass is 9.82. The summed E-state index contributed by atoms with van der Waals surface area (Å²) in [6, 6.07) is 14.0. The molecule has 0 amide bonds. The number of carbonyl (C=O) groups excluding carboxylic acids is 4. The molecule has 55 heavy (non-hydrogen) atoms. The van der Waals surface area contributed by atoms with Crippen LogP contribution in [0.25, 0.3) is 0 Å². The van der Waals surface area contributed by atoms with Crippen LogP contribution in [0.4, 0.5) is 34.6 Å². The molecule has 4 aromatic carbocycles. The van der Waals surface area contributed by atoms with Gasteiger partial charge in [0, 0.05) is 33.6 Å². The van der Waals surface area contributed by atoms with Crippen molar-refractivity contribution in [2.24, 2.45) is 0 Å². The summed E-state index contributed by atoms with van der Waals surface area (Å²) >= 11 is 0. The number of benzene rings is 4. The number of nitrogens with two attached hydrogens (primary N) is 2. The first-order valence-electron chi connectivity index (χ1n) is 15.9. The van der Waals surface area contributed by atoms with Gasteiger partial charge in [-0.15, -0.1) is 0 Å². The minimum atomic E-state index is -4.93. The van der Waals surface area contributed by atoms with E-state index in [-0.39, 0.29) is 86.9 Å². The van der Waals surface area contributed by atoms with E-state index in [0.717, 1.165) is 12.1 Å². The molecule has 7 rings (SSSR count). The Morgan fingerprint density at radius 3 is 1.31 bits per heavy atom. The van der Waals surface area contributed by atoms with Gasteiger partial charge in [0.2, 0.25) is 11.9 Å². The van der Waals surface area contributed by atoms with Crippen molar-refractivity contribution in [3.8, 4) is 0 Å². The summed E-state index contributed by atoms with van der Waals surface area (Å²) in [5, 5.41) is 11.4. The Kier molecular flexibility index (Phi) is 8.99. The third-order valence-corrected chi connectivity index (χ3v) is 10.6. The average Bonchev–Trinajstić information content (AvgIpc) is 3.12. The van der Waals surface area contributed by atoms with E-state index in [2.05, 4.69) is 36.2 Å². The fraction of sp³-hybridized carbons (Fsp3) is 0.0882. The summed E-state index contributed by atoms with van der Waals surface area (Å²) in [5.41, 5.74) is 10.1. The van der Waals surface area contributed by atoms with Crippen molar-refractivity contribution in [3.05, 3.63) is 111 Å². The molecule has 5 aromatic rings. The van der Waals surface area contributed by atoms with E-state index in [1.165, 1.54) is 30.3 Å². The summed E-state index contributed by atoms with van der Waals surface area (Å²) in [6.07, 6.45) is 0. The first-order valence-corrected chi connectivity index (χ1v) is 18.9. The summed E-state index contributed by atoms with van der Waals surface area (Å²) in [6.45, 7) is 1.07. The van der Waals surface area contributed by atoms with E-state index >= 15 is 0 Å². The number of fused-ring (bicyclic) bond motifs is 4. The van der Waals surface area contributed by atoms with E-state index < -0.39 is 65.3 Å². The van der Waals surface area contributed by atoms with Crippen molar-refractivity contribution in [2.45, 2.75) is 16.7 Å². The summed E-state index contributed by atoms with van der Waals surface area (Å²) < 4.78 is 64.6. The molecule has 0 unspecified atom stereocenters. The van der Waals surface area contributed by atoms with Gasteiger partial charge in [-0.1, -0.05) is 48.5 Å². The number of carbonyl (C=O) groups is 4. The van der Waals surface area contributed by atoms with Crippen LogP contribution in [0.3, 0.4) is 0 Å². The molecule has 2 aliphatic rings. The van der Waals surface area contributed by atoms with E-state index in [4.69, 9.17) is 11.5 Å². The Balaban J connectivity index is 1.12. The van der Waals surface area contributed by atoms with Gasteiger partial charge in [-0.05, 0) is 19.1 Å². The maximum absolute atomic E-state index is 13.6. The molecule has 0 fully saturated rings. The predicted molar refractivity (Wildman–Crippen MR) is 201 cm³/mol. The number of aryl methyl sites for hydroxylation is 1. The van der Waals surface area contributed by atoms with Crippen molar-refractivity contribution in [1.82, 2.24) is 15.0 Å². The number of nitrogen functional groups attached to an aromatic ring is 2. The summed E-state index contributed by atoms with van der Waals surface area (Å²) in [4.78, 5) is 65.4. The Bertz CT molecular complexity index is 2650. The number of hydrogen-bond donors (Lipinski definition) is 10. The zero-order valence-electron chi connectivity index (χ0n) is 28.2. The molecule has 282 valence electrons. The quantitative estimate of drug-likeness (QED) is 0.0536. The van der Waals surface area contributed by atoms with E-state index in [1.54, 1.807) is 25.1 Å². The van der Waals surface area contributed by atoms with Crippen LogP contribution in [0.5, 0.6) is 0 Å². The average molecular weight is 788 g/mol. The fourth-order valence-electron chi connectivity index (χ4n) is 6.38. The van der Waals surface area contributed by atoms with Crippen LogP contribution in [0.2, 0.25) is 0 Å². The molecule has 0 saturated carbocycles. The molecular formula is C34H29N9O10S2. The highest BCUT2D eigenvalue weighted by atomic mass is 32.3. The summed E-state index contributed by atoms with van der Waals surface area (Å²) in [7, 11) is -9.38. The Morgan fingerprint density at radius 1 is 0.564 bits per heavy atom.